The number of rotatable bonds is 11. The Morgan fingerprint density at radius 2 is 2.16 bits per heavy atom. The highest BCUT2D eigenvalue weighted by Gasteiger charge is 2.24. The van der Waals surface area contributed by atoms with Crippen LogP contribution in [0.4, 0.5) is 0 Å². The summed E-state index contributed by atoms with van der Waals surface area (Å²) in [6.45, 7) is 15.1. The average Bonchev–Trinajstić information content (AvgIpc) is 2.80. The lowest BCUT2D eigenvalue weighted by Crippen LogP contribution is -2.45. The molecule has 0 aliphatic carbocycles. The Kier molecular flexibility index (Phi) is 10.2. The molecule has 1 aliphatic heterocycles. The van der Waals surface area contributed by atoms with Crippen LogP contribution in [0.3, 0.4) is 0 Å². The van der Waals surface area contributed by atoms with Crippen LogP contribution in [0.15, 0.2) is 59.5 Å². The van der Waals surface area contributed by atoms with E-state index in [4.69, 9.17) is 15.7 Å². The Bertz CT molecular complexity index is 841. The molecule has 0 amide bonds. The molecule has 0 bridgehead atoms. The summed E-state index contributed by atoms with van der Waals surface area (Å²) in [5.41, 5.74) is 9.94. The standard InChI is InChI=1S/C26H36N4O/c1-5-20(2)25(18-28)30-14-12-22(13-15-30)8-6-7-9-26(29-4)31-19-24-11-10-23(17-27)16-21(24)3/h6-7,9-11,16,22,25H,2,4-5,8,12-15,18-19,28H2,1,3H3/b7-6-,26-9+. The third kappa shape index (κ3) is 7.50. The number of ether oxygens (including phenoxy) is 1. The second-order valence-electron chi connectivity index (χ2n) is 8.11. The maximum absolute atomic E-state index is 8.97. The van der Waals surface area contributed by atoms with Crippen LogP contribution in [-0.4, -0.2) is 37.3 Å². The molecule has 1 aromatic rings. The first kappa shape index (κ1) is 24.6. The molecule has 31 heavy (non-hydrogen) atoms. The number of nitriles is 1. The summed E-state index contributed by atoms with van der Waals surface area (Å²) < 4.78 is 5.78. The maximum Gasteiger partial charge on any atom is 0.212 e. The highest BCUT2D eigenvalue weighted by Crippen LogP contribution is 2.24. The summed E-state index contributed by atoms with van der Waals surface area (Å²) in [6, 6.07) is 8.05. The van der Waals surface area contributed by atoms with Crippen molar-refractivity contribution in [1.29, 1.82) is 5.26 Å². The molecular formula is C26H36N4O. The summed E-state index contributed by atoms with van der Waals surface area (Å²) in [6.07, 6.45) is 10.5. The fourth-order valence-electron chi connectivity index (χ4n) is 3.96. The van der Waals surface area contributed by atoms with Crippen molar-refractivity contribution >= 4 is 6.72 Å². The molecule has 0 saturated carbocycles. The first-order chi connectivity index (χ1) is 15.0. The quantitative estimate of drug-likeness (QED) is 0.240. The molecular weight excluding hydrogens is 384 g/mol. The Hall–Kier alpha value is -2.68. The Morgan fingerprint density at radius 1 is 1.42 bits per heavy atom. The van der Waals surface area contributed by atoms with E-state index in [0.29, 0.717) is 36.6 Å². The lowest BCUT2D eigenvalue weighted by Gasteiger charge is -2.37. The second kappa shape index (κ2) is 12.9. The van der Waals surface area contributed by atoms with Gasteiger partial charge < -0.3 is 10.5 Å². The van der Waals surface area contributed by atoms with Crippen molar-refractivity contribution < 1.29 is 4.74 Å². The van der Waals surface area contributed by atoms with Gasteiger partial charge >= 0.3 is 0 Å². The molecule has 1 unspecified atom stereocenters. The first-order valence-electron chi connectivity index (χ1n) is 11.1. The van der Waals surface area contributed by atoms with Gasteiger partial charge in [-0.1, -0.05) is 37.3 Å². The van der Waals surface area contributed by atoms with E-state index in [1.165, 1.54) is 18.4 Å². The molecule has 5 nitrogen and oxygen atoms in total. The molecule has 2 rings (SSSR count). The van der Waals surface area contributed by atoms with Crippen LogP contribution in [0.2, 0.25) is 0 Å². The van der Waals surface area contributed by atoms with E-state index in [0.717, 1.165) is 37.1 Å². The molecule has 1 heterocycles. The van der Waals surface area contributed by atoms with E-state index in [-0.39, 0.29) is 0 Å². The van der Waals surface area contributed by atoms with Crippen LogP contribution >= 0.6 is 0 Å². The predicted molar refractivity (Wildman–Crippen MR) is 129 cm³/mol. The van der Waals surface area contributed by atoms with Gasteiger partial charge in [0, 0.05) is 12.6 Å². The average molecular weight is 421 g/mol. The van der Waals surface area contributed by atoms with Gasteiger partial charge in [0.05, 0.1) is 11.6 Å². The Balaban J connectivity index is 1.79. The monoisotopic (exact) mass is 420 g/mol. The van der Waals surface area contributed by atoms with Gasteiger partial charge in [0.1, 0.15) is 6.61 Å². The lowest BCUT2D eigenvalue weighted by molar-refractivity contribution is 0.151. The van der Waals surface area contributed by atoms with Gasteiger partial charge in [-0.2, -0.15) is 5.26 Å². The van der Waals surface area contributed by atoms with Gasteiger partial charge in [-0.25, -0.2) is 4.99 Å². The second-order valence-corrected chi connectivity index (χ2v) is 8.11. The van der Waals surface area contributed by atoms with Crippen molar-refractivity contribution in [3.8, 4) is 6.07 Å². The summed E-state index contributed by atoms with van der Waals surface area (Å²) in [4.78, 5) is 6.46. The van der Waals surface area contributed by atoms with Crippen LogP contribution < -0.4 is 5.73 Å². The van der Waals surface area contributed by atoms with Crippen LogP contribution in [-0.2, 0) is 11.3 Å². The smallest absolute Gasteiger partial charge is 0.212 e. The normalized spacial score (nSPS) is 16.8. The Morgan fingerprint density at radius 3 is 2.74 bits per heavy atom. The van der Waals surface area contributed by atoms with Gasteiger partial charge in [0.15, 0.2) is 0 Å². The fraction of sp³-hybridized carbons (Fsp3) is 0.462. The molecule has 0 radical (unpaired) electrons. The molecule has 1 fully saturated rings. The number of aliphatic imine (C=N–C) groups is 1. The molecule has 0 aromatic heterocycles. The molecule has 5 heteroatoms. The number of hydrogen-bond acceptors (Lipinski definition) is 5. The van der Waals surface area contributed by atoms with Crippen molar-refractivity contribution in [2.24, 2.45) is 16.6 Å². The van der Waals surface area contributed by atoms with E-state index in [2.05, 4.69) is 42.3 Å². The van der Waals surface area contributed by atoms with E-state index in [9.17, 15) is 0 Å². The molecule has 166 valence electrons. The number of likely N-dealkylation sites (tertiary alicyclic amines) is 1. The molecule has 1 atom stereocenters. The van der Waals surface area contributed by atoms with Gasteiger partial charge in [0.25, 0.3) is 0 Å². The predicted octanol–water partition coefficient (Wildman–Crippen LogP) is 4.88. The third-order valence-corrected chi connectivity index (χ3v) is 6.09. The van der Waals surface area contributed by atoms with Gasteiger partial charge in [-0.15, -0.1) is 0 Å². The number of allylic oxidation sites excluding steroid dienone is 3. The Labute approximate surface area is 187 Å². The van der Waals surface area contributed by atoms with Crippen molar-refractivity contribution in [3.63, 3.8) is 0 Å². The minimum atomic E-state index is 0.322. The van der Waals surface area contributed by atoms with E-state index < -0.39 is 0 Å². The summed E-state index contributed by atoms with van der Waals surface area (Å²) >= 11 is 0. The minimum absolute atomic E-state index is 0.322. The minimum Gasteiger partial charge on any atom is -0.473 e. The van der Waals surface area contributed by atoms with Gasteiger partial charge in [0.2, 0.25) is 5.88 Å². The van der Waals surface area contributed by atoms with Gasteiger partial charge in [-0.3, -0.25) is 4.90 Å². The fourth-order valence-corrected chi connectivity index (χ4v) is 3.96. The van der Waals surface area contributed by atoms with Crippen molar-refractivity contribution in [1.82, 2.24) is 4.90 Å². The summed E-state index contributed by atoms with van der Waals surface area (Å²) in [5, 5.41) is 8.97. The number of aryl methyl sites for hydroxylation is 1. The van der Waals surface area contributed by atoms with Crippen LogP contribution in [0.25, 0.3) is 0 Å². The number of benzene rings is 1. The third-order valence-electron chi connectivity index (χ3n) is 6.09. The number of nitrogens with zero attached hydrogens (tertiary/aromatic N) is 3. The topological polar surface area (TPSA) is 74.6 Å². The first-order valence-corrected chi connectivity index (χ1v) is 11.1. The van der Waals surface area contributed by atoms with Crippen LogP contribution in [0.1, 0.15) is 49.3 Å². The highest BCUT2D eigenvalue weighted by atomic mass is 16.5. The summed E-state index contributed by atoms with van der Waals surface area (Å²) in [5.74, 6) is 1.19. The SMILES string of the molecule is C=N/C(=C\C=C/CC1CCN(C(CN)C(=C)CC)CC1)OCc1ccc(C#N)cc1C. The van der Waals surface area contributed by atoms with Crippen molar-refractivity contribution in [3.05, 3.63) is 71.2 Å². The zero-order valence-corrected chi connectivity index (χ0v) is 19.0. The van der Waals surface area contributed by atoms with Gasteiger partial charge in [-0.05, 0) is 87.7 Å². The zero-order chi connectivity index (χ0) is 22.6. The molecule has 0 spiro atoms. The number of hydrogen-bond donors (Lipinski definition) is 1. The van der Waals surface area contributed by atoms with E-state index in [1.807, 2.05) is 31.2 Å². The van der Waals surface area contributed by atoms with Crippen LogP contribution in [0, 0.1) is 24.2 Å². The number of piperidine rings is 1. The van der Waals surface area contributed by atoms with Crippen LogP contribution in [0.5, 0.6) is 0 Å². The lowest BCUT2D eigenvalue weighted by atomic mass is 9.91. The van der Waals surface area contributed by atoms with E-state index >= 15 is 0 Å². The zero-order valence-electron chi connectivity index (χ0n) is 19.0. The largest absolute Gasteiger partial charge is 0.473 e. The highest BCUT2D eigenvalue weighted by molar-refractivity contribution is 5.37. The van der Waals surface area contributed by atoms with Crippen molar-refractivity contribution in [2.45, 2.75) is 52.2 Å². The maximum atomic E-state index is 8.97. The molecule has 1 saturated heterocycles. The molecule has 1 aliphatic rings. The molecule has 1 aromatic carbocycles. The summed E-state index contributed by atoms with van der Waals surface area (Å²) in [7, 11) is 0. The van der Waals surface area contributed by atoms with E-state index in [1.54, 1.807) is 6.07 Å². The molecule has 2 N–H and O–H groups in total. The van der Waals surface area contributed by atoms with Crippen molar-refractivity contribution in [2.75, 3.05) is 19.6 Å². The number of nitrogens with two attached hydrogens (primary N) is 1.